The molecule has 7 rings (SSSR count). The highest BCUT2D eigenvalue weighted by molar-refractivity contribution is 7.13. The van der Waals surface area contributed by atoms with E-state index in [0.29, 0.717) is 12.0 Å². The Morgan fingerprint density at radius 2 is 1.90 bits per heavy atom. The Kier molecular flexibility index (Phi) is 4.67. The first-order valence-corrected chi connectivity index (χ1v) is 12.6. The lowest BCUT2D eigenvalue weighted by atomic mass is 9.47. The number of hydrogen-bond acceptors (Lipinski definition) is 4. The highest BCUT2D eigenvalue weighted by atomic mass is 32.1. The lowest BCUT2D eigenvalue weighted by Gasteiger charge is -2.59. The summed E-state index contributed by atoms with van der Waals surface area (Å²) in [6.45, 7) is 2.55. The third kappa shape index (κ3) is 3.30. The summed E-state index contributed by atoms with van der Waals surface area (Å²) in [7, 11) is 0. The Hall–Kier alpha value is -2.21. The summed E-state index contributed by atoms with van der Waals surface area (Å²) >= 11 is 1.56. The first-order chi connectivity index (χ1) is 15.1. The smallest absolute Gasteiger partial charge is 0.240 e. The van der Waals surface area contributed by atoms with E-state index in [4.69, 9.17) is 4.98 Å². The molecule has 1 amide bonds. The van der Waals surface area contributed by atoms with Crippen molar-refractivity contribution in [2.45, 2.75) is 64.5 Å². The van der Waals surface area contributed by atoms with E-state index in [2.05, 4.69) is 27.9 Å². The molecular formula is C25H30N4OS. The second-order valence-electron chi connectivity index (χ2n) is 10.2. The fraction of sp³-hybridized carbons (Fsp3) is 0.560. The van der Waals surface area contributed by atoms with Crippen molar-refractivity contribution in [3.63, 3.8) is 0 Å². The van der Waals surface area contributed by atoms with Crippen LogP contribution in [0, 0.1) is 23.2 Å². The molecule has 0 spiro atoms. The van der Waals surface area contributed by atoms with Gasteiger partial charge in [0.2, 0.25) is 5.91 Å². The molecule has 2 aromatic heterocycles. The van der Waals surface area contributed by atoms with E-state index in [9.17, 15) is 4.79 Å². The van der Waals surface area contributed by atoms with Crippen LogP contribution >= 0.6 is 11.3 Å². The molecule has 1 aromatic carbocycles. The minimum absolute atomic E-state index is 0.108. The van der Waals surface area contributed by atoms with Gasteiger partial charge >= 0.3 is 0 Å². The Bertz CT molecular complexity index is 1070. The predicted octanol–water partition coefficient (Wildman–Crippen LogP) is 5.27. The van der Waals surface area contributed by atoms with E-state index >= 15 is 0 Å². The van der Waals surface area contributed by atoms with Crippen LogP contribution in [0.4, 0.5) is 0 Å². The number of carbonyl (C=O) groups excluding carboxylic acids is 1. The molecule has 4 fully saturated rings. The number of aromatic nitrogens is 3. The van der Waals surface area contributed by atoms with E-state index < -0.39 is 0 Å². The van der Waals surface area contributed by atoms with Gasteiger partial charge in [-0.15, -0.1) is 11.3 Å². The van der Waals surface area contributed by atoms with Gasteiger partial charge < -0.3 is 9.88 Å². The predicted molar refractivity (Wildman–Crippen MR) is 124 cm³/mol. The highest BCUT2D eigenvalue weighted by Crippen LogP contribution is 2.61. The summed E-state index contributed by atoms with van der Waals surface area (Å²) in [5.41, 5.74) is 4.08. The Morgan fingerprint density at radius 1 is 1.19 bits per heavy atom. The van der Waals surface area contributed by atoms with Gasteiger partial charge in [0.1, 0.15) is 6.54 Å². The lowest BCUT2D eigenvalue weighted by molar-refractivity contribution is -0.127. The Labute approximate surface area is 187 Å². The number of nitrogens with zero attached hydrogens (tertiary/aromatic N) is 3. The third-order valence-electron chi connectivity index (χ3n) is 8.18. The molecule has 1 N–H and O–H groups in total. The molecule has 4 saturated carbocycles. The van der Waals surface area contributed by atoms with Crippen molar-refractivity contribution >= 4 is 28.3 Å². The van der Waals surface area contributed by atoms with Crippen molar-refractivity contribution in [2.75, 3.05) is 0 Å². The van der Waals surface area contributed by atoms with Crippen LogP contribution in [0.5, 0.6) is 0 Å². The average molecular weight is 435 g/mol. The number of rotatable bonds is 6. The number of nitrogens with one attached hydrogen (secondary N) is 1. The zero-order valence-corrected chi connectivity index (χ0v) is 18.9. The number of fused-ring (bicyclic) bond motifs is 1. The van der Waals surface area contributed by atoms with E-state index in [-0.39, 0.29) is 11.9 Å². The first-order valence-electron chi connectivity index (χ1n) is 11.8. The standard InChI is InChI=1S/C25H30N4OS/c1-2-22(25-10-16-7-17(11-25)9-18(8-16)12-25)28-23(30)14-29-20-6-4-3-5-19(20)27-24(29)21-13-26-15-31-21/h3-6,13,15-18,22H,2,7-12,14H2,1H3,(H,28,30)/t16?,17?,18?,22-,25?/m1/s1. The van der Waals surface area contributed by atoms with Crippen molar-refractivity contribution in [1.29, 1.82) is 0 Å². The van der Waals surface area contributed by atoms with Crippen LogP contribution in [-0.2, 0) is 11.3 Å². The average Bonchev–Trinajstić information content (AvgIpc) is 3.39. The van der Waals surface area contributed by atoms with Gasteiger partial charge in [0.05, 0.1) is 21.4 Å². The minimum atomic E-state index is 0.108. The monoisotopic (exact) mass is 434 g/mol. The van der Waals surface area contributed by atoms with Gasteiger partial charge in [0, 0.05) is 12.2 Å². The van der Waals surface area contributed by atoms with E-state index in [1.807, 2.05) is 29.9 Å². The van der Waals surface area contributed by atoms with E-state index in [0.717, 1.165) is 45.9 Å². The minimum Gasteiger partial charge on any atom is -0.351 e. The number of para-hydroxylation sites is 2. The van der Waals surface area contributed by atoms with Gasteiger partial charge in [-0.1, -0.05) is 19.1 Å². The number of amides is 1. The summed E-state index contributed by atoms with van der Waals surface area (Å²) < 4.78 is 2.06. The molecule has 1 atom stereocenters. The topological polar surface area (TPSA) is 59.8 Å². The van der Waals surface area contributed by atoms with Crippen LogP contribution in [0.2, 0.25) is 0 Å². The molecule has 4 aliphatic carbocycles. The normalized spacial score (nSPS) is 30.0. The first kappa shape index (κ1) is 19.5. The van der Waals surface area contributed by atoms with Crippen LogP contribution in [0.25, 0.3) is 21.7 Å². The van der Waals surface area contributed by atoms with Crippen molar-refractivity contribution in [1.82, 2.24) is 19.9 Å². The number of thiazole rings is 1. The van der Waals surface area contributed by atoms with Crippen LogP contribution in [0.3, 0.4) is 0 Å². The van der Waals surface area contributed by atoms with Gasteiger partial charge in [0.15, 0.2) is 5.82 Å². The molecule has 4 bridgehead atoms. The zero-order valence-electron chi connectivity index (χ0n) is 18.1. The summed E-state index contributed by atoms with van der Waals surface area (Å²) in [6, 6.07) is 8.36. The molecular weight excluding hydrogens is 404 g/mol. The maximum Gasteiger partial charge on any atom is 0.240 e. The molecule has 2 heterocycles. The Balaban J connectivity index is 1.27. The van der Waals surface area contributed by atoms with E-state index in [1.165, 1.54) is 38.5 Å². The zero-order chi connectivity index (χ0) is 21.0. The number of benzene rings is 1. The molecule has 31 heavy (non-hydrogen) atoms. The van der Waals surface area contributed by atoms with Gasteiger partial charge in [-0.3, -0.25) is 9.78 Å². The molecule has 162 valence electrons. The maximum atomic E-state index is 13.4. The molecule has 4 aliphatic rings. The molecule has 6 heteroatoms. The van der Waals surface area contributed by atoms with Crippen LogP contribution in [0.1, 0.15) is 51.9 Å². The van der Waals surface area contributed by atoms with Crippen LogP contribution < -0.4 is 5.32 Å². The second kappa shape index (κ2) is 7.44. The SMILES string of the molecule is CC[C@@H](NC(=O)Cn1c(-c2cncs2)nc2ccccc21)C12CC3CC(CC(C3)C1)C2. The van der Waals surface area contributed by atoms with Crippen LogP contribution in [-0.4, -0.2) is 26.5 Å². The van der Waals surface area contributed by atoms with Gasteiger partial charge in [0.25, 0.3) is 0 Å². The van der Waals surface area contributed by atoms with E-state index in [1.54, 1.807) is 11.3 Å². The highest BCUT2D eigenvalue weighted by Gasteiger charge is 2.54. The van der Waals surface area contributed by atoms with Crippen molar-refractivity contribution in [3.05, 3.63) is 36.0 Å². The molecule has 0 unspecified atom stereocenters. The summed E-state index contributed by atoms with van der Waals surface area (Å²) in [5, 5.41) is 3.50. The third-order valence-corrected chi connectivity index (χ3v) is 8.95. The summed E-state index contributed by atoms with van der Waals surface area (Å²) in [6.07, 6.45) is 11.1. The van der Waals surface area contributed by atoms with Crippen molar-refractivity contribution in [3.8, 4) is 10.7 Å². The Morgan fingerprint density at radius 3 is 2.55 bits per heavy atom. The van der Waals surface area contributed by atoms with Crippen molar-refractivity contribution < 1.29 is 4.79 Å². The molecule has 0 saturated heterocycles. The van der Waals surface area contributed by atoms with Crippen molar-refractivity contribution in [2.24, 2.45) is 23.2 Å². The summed E-state index contributed by atoms with van der Waals surface area (Å²) in [4.78, 5) is 23.4. The fourth-order valence-electron chi connectivity index (χ4n) is 7.43. The van der Waals surface area contributed by atoms with Gasteiger partial charge in [-0.05, 0) is 80.2 Å². The number of imidazole rings is 1. The summed E-state index contributed by atoms with van der Waals surface area (Å²) in [5.74, 6) is 3.63. The molecule has 3 aromatic rings. The largest absolute Gasteiger partial charge is 0.351 e. The quantitative estimate of drug-likeness (QED) is 0.575. The lowest BCUT2D eigenvalue weighted by Crippen LogP contribution is -2.57. The maximum absolute atomic E-state index is 13.4. The molecule has 5 nitrogen and oxygen atoms in total. The van der Waals surface area contributed by atoms with Crippen LogP contribution in [0.15, 0.2) is 36.0 Å². The fourth-order valence-corrected chi connectivity index (χ4v) is 8.04. The van der Waals surface area contributed by atoms with Gasteiger partial charge in [-0.2, -0.15) is 0 Å². The molecule has 0 aliphatic heterocycles. The van der Waals surface area contributed by atoms with Gasteiger partial charge in [-0.25, -0.2) is 4.98 Å². The molecule has 0 radical (unpaired) electrons. The number of carbonyl (C=O) groups is 1. The number of hydrogen-bond donors (Lipinski definition) is 1. The second-order valence-corrected chi connectivity index (χ2v) is 11.1.